The van der Waals surface area contributed by atoms with Crippen molar-refractivity contribution in [2.45, 2.75) is 37.2 Å². The number of pyridine rings is 1. The molecular formula is C26H26FN5O2S. The van der Waals surface area contributed by atoms with Crippen molar-refractivity contribution >= 4 is 17.7 Å². The Morgan fingerprint density at radius 2 is 1.83 bits per heavy atom. The summed E-state index contributed by atoms with van der Waals surface area (Å²) in [5.74, 6) is 0.922. The van der Waals surface area contributed by atoms with Crippen molar-refractivity contribution < 1.29 is 13.9 Å². The average Bonchev–Trinajstić information content (AvgIpc) is 3.29. The monoisotopic (exact) mass is 491 g/mol. The van der Waals surface area contributed by atoms with Crippen molar-refractivity contribution in [3.05, 3.63) is 84.4 Å². The molecule has 0 saturated carbocycles. The lowest BCUT2D eigenvalue weighted by atomic mass is 10.1. The molecule has 1 N–H and O–H groups in total. The normalized spacial score (nSPS) is 12.7. The molecule has 2 unspecified atom stereocenters. The van der Waals surface area contributed by atoms with Gasteiger partial charge in [0, 0.05) is 23.6 Å². The Hall–Kier alpha value is -3.72. The van der Waals surface area contributed by atoms with Crippen molar-refractivity contribution in [3.63, 3.8) is 0 Å². The van der Waals surface area contributed by atoms with Crippen LogP contribution in [0.5, 0.6) is 5.75 Å². The standard InChI is InChI=1S/C26H26FN5O2S/c1-4-34-23-13-11-22(12-14-23)32-24(20-6-5-15-28-16-20)30-31-26(32)35-18(3)25(33)29-17(2)19-7-9-21(27)10-8-19/h5-18H,4H2,1-3H3,(H,29,33). The molecule has 0 saturated heterocycles. The minimum Gasteiger partial charge on any atom is -0.494 e. The second kappa shape index (κ2) is 11.1. The zero-order valence-corrected chi connectivity index (χ0v) is 20.5. The van der Waals surface area contributed by atoms with Gasteiger partial charge in [-0.3, -0.25) is 14.3 Å². The Morgan fingerprint density at radius 1 is 1.09 bits per heavy atom. The van der Waals surface area contributed by atoms with Crippen molar-refractivity contribution in [1.82, 2.24) is 25.1 Å². The van der Waals surface area contributed by atoms with Crippen molar-refractivity contribution in [3.8, 4) is 22.8 Å². The number of carbonyl (C=O) groups is 1. The van der Waals surface area contributed by atoms with Gasteiger partial charge < -0.3 is 10.1 Å². The van der Waals surface area contributed by atoms with E-state index in [2.05, 4.69) is 20.5 Å². The van der Waals surface area contributed by atoms with Gasteiger partial charge in [0.1, 0.15) is 11.6 Å². The van der Waals surface area contributed by atoms with E-state index in [4.69, 9.17) is 4.74 Å². The average molecular weight is 492 g/mol. The first-order valence-corrected chi connectivity index (χ1v) is 12.2. The van der Waals surface area contributed by atoms with Crippen LogP contribution in [0, 0.1) is 5.82 Å². The lowest BCUT2D eigenvalue weighted by molar-refractivity contribution is -0.120. The van der Waals surface area contributed by atoms with Crippen LogP contribution >= 0.6 is 11.8 Å². The molecule has 2 aromatic carbocycles. The van der Waals surface area contributed by atoms with Gasteiger partial charge in [0.05, 0.1) is 17.9 Å². The highest BCUT2D eigenvalue weighted by atomic mass is 32.2. The molecule has 0 aliphatic heterocycles. The van der Waals surface area contributed by atoms with E-state index in [-0.39, 0.29) is 17.8 Å². The van der Waals surface area contributed by atoms with E-state index in [1.54, 1.807) is 24.5 Å². The number of amides is 1. The Bertz CT molecular complexity index is 1260. The van der Waals surface area contributed by atoms with Crippen LogP contribution in [0.15, 0.2) is 78.2 Å². The van der Waals surface area contributed by atoms with E-state index in [9.17, 15) is 9.18 Å². The molecule has 180 valence electrons. The van der Waals surface area contributed by atoms with Gasteiger partial charge in [-0.15, -0.1) is 10.2 Å². The fourth-order valence-corrected chi connectivity index (χ4v) is 4.37. The number of hydrogen-bond acceptors (Lipinski definition) is 6. The second-order valence-corrected chi connectivity index (χ2v) is 9.16. The predicted octanol–water partition coefficient (Wildman–Crippen LogP) is 5.23. The van der Waals surface area contributed by atoms with Crippen molar-refractivity contribution in [1.29, 1.82) is 0 Å². The molecule has 2 atom stereocenters. The topological polar surface area (TPSA) is 81.9 Å². The van der Waals surface area contributed by atoms with Crippen LogP contribution in [-0.4, -0.2) is 37.5 Å². The molecule has 4 rings (SSSR count). The smallest absolute Gasteiger partial charge is 0.233 e. The van der Waals surface area contributed by atoms with Gasteiger partial charge in [0.25, 0.3) is 0 Å². The maximum Gasteiger partial charge on any atom is 0.233 e. The van der Waals surface area contributed by atoms with Crippen molar-refractivity contribution in [2.24, 2.45) is 0 Å². The molecule has 35 heavy (non-hydrogen) atoms. The largest absolute Gasteiger partial charge is 0.494 e. The number of benzene rings is 2. The van der Waals surface area contributed by atoms with Crippen LogP contribution in [0.25, 0.3) is 17.1 Å². The SMILES string of the molecule is CCOc1ccc(-n2c(SC(C)C(=O)NC(C)c3ccc(F)cc3)nnc2-c2cccnc2)cc1. The molecular weight excluding hydrogens is 465 g/mol. The van der Waals surface area contributed by atoms with Gasteiger partial charge in [0.15, 0.2) is 11.0 Å². The van der Waals surface area contributed by atoms with Gasteiger partial charge >= 0.3 is 0 Å². The van der Waals surface area contributed by atoms with E-state index < -0.39 is 5.25 Å². The minimum atomic E-state index is -0.453. The number of ether oxygens (including phenoxy) is 1. The molecule has 0 aliphatic carbocycles. The summed E-state index contributed by atoms with van der Waals surface area (Å²) in [4.78, 5) is 17.2. The Morgan fingerprint density at radius 3 is 2.49 bits per heavy atom. The highest BCUT2D eigenvalue weighted by molar-refractivity contribution is 8.00. The third-order valence-corrected chi connectivity index (χ3v) is 6.38. The number of rotatable bonds is 9. The van der Waals surface area contributed by atoms with Crippen LogP contribution in [0.1, 0.15) is 32.4 Å². The Kier molecular flexibility index (Phi) is 7.77. The highest BCUT2D eigenvalue weighted by Gasteiger charge is 2.23. The van der Waals surface area contributed by atoms with Crippen LogP contribution in [0.4, 0.5) is 4.39 Å². The van der Waals surface area contributed by atoms with Gasteiger partial charge in [-0.1, -0.05) is 23.9 Å². The third-order valence-electron chi connectivity index (χ3n) is 5.34. The van der Waals surface area contributed by atoms with Gasteiger partial charge in [0.2, 0.25) is 5.91 Å². The van der Waals surface area contributed by atoms with Crippen molar-refractivity contribution in [2.75, 3.05) is 6.61 Å². The van der Waals surface area contributed by atoms with Gasteiger partial charge in [-0.25, -0.2) is 4.39 Å². The van der Waals surface area contributed by atoms with E-state index in [1.807, 2.05) is 61.7 Å². The number of nitrogens with one attached hydrogen (secondary N) is 1. The van der Waals surface area contributed by atoms with E-state index in [1.165, 1.54) is 23.9 Å². The fourth-order valence-electron chi connectivity index (χ4n) is 3.50. The molecule has 0 fully saturated rings. The van der Waals surface area contributed by atoms with Gasteiger partial charge in [-0.05, 0) is 74.9 Å². The molecule has 4 aromatic rings. The van der Waals surface area contributed by atoms with E-state index in [0.717, 1.165) is 22.6 Å². The van der Waals surface area contributed by atoms with E-state index in [0.29, 0.717) is 17.6 Å². The lowest BCUT2D eigenvalue weighted by Gasteiger charge is -2.18. The first kappa shape index (κ1) is 24.4. The maximum absolute atomic E-state index is 13.2. The van der Waals surface area contributed by atoms with Crippen LogP contribution in [-0.2, 0) is 4.79 Å². The quantitative estimate of drug-likeness (QED) is 0.323. The Labute approximate surface area is 207 Å². The predicted molar refractivity (Wildman–Crippen MR) is 134 cm³/mol. The number of nitrogens with zero attached hydrogens (tertiary/aromatic N) is 4. The summed E-state index contributed by atoms with van der Waals surface area (Å²) >= 11 is 1.31. The number of thioether (sulfide) groups is 1. The summed E-state index contributed by atoms with van der Waals surface area (Å²) in [6.07, 6.45) is 3.43. The fraction of sp³-hybridized carbons (Fsp3) is 0.231. The molecule has 9 heteroatoms. The number of hydrogen-bond donors (Lipinski definition) is 1. The van der Waals surface area contributed by atoms with Crippen LogP contribution in [0.2, 0.25) is 0 Å². The zero-order chi connectivity index (χ0) is 24.8. The zero-order valence-electron chi connectivity index (χ0n) is 19.7. The van der Waals surface area contributed by atoms with Crippen LogP contribution in [0.3, 0.4) is 0 Å². The molecule has 0 aliphatic rings. The number of carbonyl (C=O) groups excluding carboxylic acids is 1. The summed E-state index contributed by atoms with van der Waals surface area (Å²) in [5.41, 5.74) is 2.48. The minimum absolute atomic E-state index is 0.156. The molecule has 2 aromatic heterocycles. The summed E-state index contributed by atoms with van der Waals surface area (Å²) in [6, 6.07) is 17.2. The summed E-state index contributed by atoms with van der Waals surface area (Å²) < 4.78 is 20.7. The summed E-state index contributed by atoms with van der Waals surface area (Å²) in [7, 11) is 0. The first-order valence-electron chi connectivity index (χ1n) is 11.3. The molecule has 0 bridgehead atoms. The molecule has 0 radical (unpaired) electrons. The second-order valence-electron chi connectivity index (χ2n) is 7.85. The van der Waals surface area contributed by atoms with Gasteiger partial charge in [-0.2, -0.15) is 0 Å². The third kappa shape index (κ3) is 5.86. The van der Waals surface area contributed by atoms with Crippen LogP contribution < -0.4 is 10.1 Å². The summed E-state index contributed by atoms with van der Waals surface area (Å²) in [5, 5.41) is 11.9. The molecule has 7 nitrogen and oxygen atoms in total. The summed E-state index contributed by atoms with van der Waals surface area (Å²) in [6.45, 7) is 6.20. The maximum atomic E-state index is 13.2. The lowest BCUT2D eigenvalue weighted by Crippen LogP contribution is -2.33. The van der Waals surface area contributed by atoms with E-state index >= 15 is 0 Å². The number of halogens is 1. The first-order chi connectivity index (χ1) is 17.0. The molecule has 0 spiro atoms. The molecule has 1 amide bonds. The molecule has 2 heterocycles. The Balaban J connectivity index is 1.58. The number of aromatic nitrogens is 4. The highest BCUT2D eigenvalue weighted by Crippen LogP contribution is 2.31.